The number of fused-ring (bicyclic) bond motifs is 3. The van der Waals surface area contributed by atoms with Crippen molar-refractivity contribution in [1.82, 2.24) is 0 Å². The lowest BCUT2D eigenvalue weighted by atomic mass is 9.77. The Hall–Kier alpha value is -2.71. The van der Waals surface area contributed by atoms with Crippen LogP contribution in [0, 0.1) is 16.0 Å². The lowest BCUT2D eigenvalue weighted by molar-refractivity contribution is -0.384. The van der Waals surface area contributed by atoms with Crippen molar-refractivity contribution >= 4 is 21.4 Å². The standard InChI is InChI=1S/C18H17N3O4S/c19-26(24,25)13-7-8-17-16(10-13)14-5-2-6-15(14)18(20-17)11-3-1-4-12(9-11)21(22)23/h1-5,7-10,14-15,18,20H,6H2,(H2,19,24,25)/t14-,15-,18+/m0/s1. The average Bonchev–Trinajstić information content (AvgIpc) is 3.10. The molecule has 0 amide bonds. The van der Waals surface area contributed by atoms with Crippen LogP contribution in [-0.4, -0.2) is 13.3 Å². The van der Waals surface area contributed by atoms with Crippen LogP contribution >= 0.6 is 0 Å². The van der Waals surface area contributed by atoms with Crippen LogP contribution in [0.2, 0.25) is 0 Å². The van der Waals surface area contributed by atoms with E-state index in [1.165, 1.54) is 12.1 Å². The molecule has 1 aliphatic carbocycles. The number of benzene rings is 2. The largest absolute Gasteiger partial charge is 0.378 e. The average molecular weight is 371 g/mol. The van der Waals surface area contributed by atoms with Gasteiger partial charge in [-0.1, -0.05) is 24.3 Å². The van der Waals surface area contributed by atoms with Crippen molar-refractivity contribution in [2.24, 2.45) is 11.1 Å². The van der Waals surface area contributed by atoms with Gasteiger partial charge in [0, 0.05) is 23.7 Å². The quantitative estimate of drug-likeness (QED) is 0.489. The first-order valence-corrected chi connectivity index (χ1v) is 9.73. The third-order valence-corrected chi connectivity index (χ3v) is 6.01. The van der Waals surface area contributed by atoms with Crippen LogP contribution in [0.25, 0.3) is 0 Å². The van der Waals surface area contributed by atoms with Gasteiger partial charge in [0.1, 0.15) is 0 Å². The lowest BCUT2D eigenvalue weighted by Gasteiger charge is -2.37. The number of non-ortho nitro benzene ring substituents is 1. The molecule has 4 rings (SSSR count). The highest BCUT2D eigenvalue weighted by Crippen LogP contribution is 2.50. The van der Waals surface area contributed by atoms with E-state index < -0.39 is 14.9 Å². The number of allylic oxidation sites excluding steroid dienone is 2. The van der Waals surface area contributed by atoms with Gasteiger partial charge < -0.3 is 5.32 Å². The number of nitrogens with zero attached hydrogens (tertiary/aromatic N) is 1. The maximum atomic E-state index is 11.7. The summed E-state index contributed by atoms with van der Waals surface area (Å²) in [5, 5.41) is 19.8. The first-order valence-electron chi connectivity index (χ1n) is 8.19. The van der Waals surface area contributed by atoms with Gasteiger partial charge in [0.2, 0.25) is 10.0 Å². The molecule has 0 fully saturated rings. The van der Waals surface area contributed by atoms with Crippen molar-refractivity contribution in [2.75, 3.05) is 5.32 Å². The highest BCUT2D eigenvalue weighted by Gasteiger charge is 2.38. The van der Waals surface area contributed by atoms with Gasteiger partial charge in [-0.3, -0.25) is 10.1 Å². The Kier molecular flexibility index (Phi) is 3.82. The molecule has 0 radical (unpaired) electrons. The maximum Gasteiger partial charge on any atom is 0.269 e. The van der Waals surface area contributed by atoms with Gasteiger partial charge in [-0.15, -0.1) is 0 Å². The Morgan fingerprint density at radius 1 is 1.19 bits per heavy atom. The first kappa shape index (κ1) is 16.7. The molecule has 1 aliphatic heterocycles. The number of hydrogen-bond acceptors (Lipinski definition) is 5. The number of sulfonamides is 1. The van der Waals surface area contributed by atoms with Crippen molar-refractivity contribution in [3.05, 3.63) is 75.9 Å². The highest BCUT2D eigenvalue weighted by atomic mass is 32.2. The fourth-order valence-corrected chi connectivity index (χ4v) is 4.46. The number of nitrogens with one attached hydrogen (secondary N) is 1. The van der Waals surface area contributed by atoms with Gasteiger partial charge in [0.05, 0.1) is 15.9 Å². The summed E-state index contributed by atoms with van der Waals surface area (Å²) in [6, 6.07) is 11.3. The molecular weight excluding hydrogens is 354 g/mol. The molecular formula is C18H17N3O4S. The van der Waals surface area contributed by atoms with Crippen LogP contribution in [0.5, 0.6) is 0 Å². The molecule has 0 bridgehead atoms. The molecule has 7 nitrogen and oxygen atoms in total. The molecule has 2 aliphatic rings. The molecule has 0 saturated heterocycles. The Labute approximate surface area is 150 Å². The van der Waals surface area contributed by atoms with E-state index in [1.54, 1.807) is 24.3 Å². The summed E-state index contributed by atoms with van der Waals surface area (Å²) in [6.07, 6.45) is 4.95. The van der Waals surface area contributed by atoms with E-state index in [0.717, 1.165) is 23.2 Å². The third kappa shape index (κ3) is 2.77. The highest BCUT2D eigenvalue weighted by molar-refractivity contribution is 7.89. The molecule has 0 saturated carbocycles. The van der Waals surface area contributed by atoms with E-state index in [0.29, 0.717) is 0 Å². The monoisotopic (exact) mass is 371 g/mol. The second kappa shape index (κ2) is 5.93. The molecule has 3 atom stereocenters. The molecule has 0 aromatic heterocycles. The van der Waals surface area contributed by atoms with Crippen molar-refractivity contribution in [2.45, 2.75) is 23.3 Å². The second-order valence-corrected chi connectivity index (χ2v) is 8.18. The number of primary sulfonamides is 1. The van der Waals surface area contributed by atoms with Gasteiger partial charge in [-0.05, 0) is 41.7 Å². The topological polar surface area (TPSA) is 115 Å². The van der Waals surface area contributed by atoms with Crippen molar-refractivity contribution in [3.63, 3.8) is 0 Å². The molecule has 134 valence electrons. The molecule has 0 spiro atoms. The van der Waals surface area contributed by atoms with Crippen LogP contribution in [0.15, 0.2) is 59.5 Å². The summed E-state index contributed by atoms with van der Waals surface area (Å²) in [7, 11) is -3.77. The zero-order chi connectivity index (χ0) is 18.5. The van der Waals surface area contributed by atoms with Gasteiger partial charge in [0.25, 0.3) is 5.69 Å². The molecule has 3 N–H and O–H groups in total. The van der Waals surface area contributed by atoms with Crippen LogP contribution in [0.1, 0.15) is 29.5 Å². The van der Waals surface area contributed by atoms with Crippen LogP contribution in [0.3, 0.4) is 0 Å². The Balaban J connectivity index is 1.78. The zero-order valence-electron chi connectivity index (χ0n) is 13.7. The summed E-state index contributed by atoms with van der Waals surface area (Å²) in [6.45, 7) is 0. The smallest absolute Gasteiger partial charge is 0.269 e. The predicted molar refractivity (Wildman–Crippen MR) is 97.3 cm³/mol. The van der Waals surface area contributed by atoms with E-state index in [2.05, 4.69) is 17.5 Å². The van der Waals surface area contributed by atoms with Crippen molar-refractivity contribution in [1.29, 1.82) is 0 Å². The normalized spacial score (nSPS) is 23.8. The first-order chi connectivity index (χ1) is 12.3. The number of rotatable bonds is 3. The van der Waals surface area contributed by atoms with E-state index in [1.807, 2.05) is 6.07 Å². The summed E-state index contributed by atoms with van der Waals surface area (Å²) < 4.78 is 23.3. The van der Waals surface area contributed by atoms with Crippen LogP contribution in [0.4, 0.5) is 11.4 Å². The number of anilines is 1. The van der Waals surface area contributed by atoms with Gasteiger partial charge in [-0.2, -0.15) is 0 Å². The molecule has 26 heavy (non-hydrogen) atoms. The van der Waals surface area contributed by atoms with Crippen LogP contribution in [-0.2, 0) is 10.0 Å². The van der Waals surface area contributed by atoms with E-state index >= 15 is 0 Å². The molecule has 8 heteroatoms. The predicted octanol–water partition coefficient (Wildman–Crippen LogP) is 3.07. The van der Waals surface area contributed by atoms with Gasteiger partial charge >= 0.3 is 0 Å². The minimum atomic E-state index is -3.77. The molecule has 0 unspecified atom stereocenters. The van der Waals surface area contributed by atoms with E-state index in [-0.39, 0.29) is 28.5 Å². The summed E-state index contributed by atoms with van der Waals surface area (Å²) in [4.78, 5) is 10.8. The molecule has 2 aromatic carbocycles. The summed E-state index contributed by atoms with van der Waals surface area (Å²) in [5.74, 6) is 0.192. The number of nitrogens with two attached hydrogens (primary N) is 1. The second-order valence-electron chi connectivity index (χ2n) is 6.62. The summed E-state index contributed by atoms with van der Waals surface area (Å²) >= 11 is 0. The Morgan fingerprint density at radius 3 is 2.73 bits per heavy atom. The Bertz CT molecular complexity index is 1030. The van der Waals surface area contributed by atoms with Crippen LogP contribution < -0.4 is 10.5 Å². The van der Waals surface area contributed by atoms with E-state index in [4.69, 9.17) is 5.14 Å². The third-order valence-electron chi connectivity index (χ3n) is 5.10. The maximum absolute atomic E-state index is 11.7. The number of nitro benzene ring substituents is 1. The lowest BCUT2D eigenvalue weighted by Crippen LogP contribution is -2.29. The minimum absolute atomic E-state index is 0.0391. The zero-order valence-corrected chi connectivity index (χ0v) is 14.5. The van der Waals surface area contributed by atoms with Crippen molar-refractivity contribution < 1.29 is 13.3 Å². The van der Waals surface area contributed by atoms with Gasteiger partial charge in [0.15, 0.2) is 0 Å². The van der Waals surface area contributed by atoms with Gasteiger partial charge in [-0.25, -0.2) is 13.6 Å². The van der Waals surface area contributed by atoms with Crippen molar-refractivity contribution in [3.8, 4) is 0 Å². The SMILES string of the molecule is NS(=O)(=O)c1ccc2c(c1)[C@H]1C=CC[C@@H]1[C@@H](c1cccc([N+](=O)[O-])c1)N2. The fourth-order valence-electron chi connectivity index (χ4n) is 3.91. The minimum Gasteiger partial charge on any atom is -0.378 e. The fraction of sp³-hybridized carbons (Fsp3) is 0.222. The molecule has 2 aromatic rings. The Morgan fingerprint density at radius 2 is 2.00 bits per heavy atom. The number of hydrogen-bond donors (Lipinski definition) is 2. The molecule has 1 heterocycles. The number of nitro groups is 1. The summed E-state index contributed by atoms with van der Waals surface area (Å²) in [5.41, 5.74) is 2.61. The van der Waals surface area contributed by atoms with E-state index in [9.17, 15) is 18.5 Å².